The molecule has 170 valence electrons. The van der Waals surface area contributed by atoms with Crippen molar-refractivity contribution in [3.63, 3.8) is 0 Å². The summed E-state index contributed by atoms with van der Waals surface area (Å²) < 4.78 is 0. The number of hydrogen-bond acceptors (Lipinski definition) is 7. The molecule has 1 fully saturated rings. The Kier molecular flexibility index (Phi) is 9.66. The standard InChI is InChI=1S/C18H31N5O7/c1-9(2)6-11(21-15(26)10(19)7-14(20)25)17(28)23-5-3-4-13(23)16(27)22-12(8-24)18(29)30/h9-13,24H,3-8,19H2,1-2H3,(H2,20,25)(H,21,26)(H,22,27)(H,29,30). The molecule has 0 spiro atoms. The van der Waals surface area contributed by atoms with Crippen LogP contribution < -0.4 is 22.1 Å². The summed E-state index contributed by atoms with van der Waals surface area (Å²) in [5.41, 5.74) is 10.7. The van der Waals surface area contributed by atoms with Gasteiger partial charge >= 0.3 is 5.97 Å². The molecule has 0 radical (unpaired) electrons. The highest BCUT2D eigenvalue weighted by Gasteiger charge is 2.39. The van der Waals surface area contributed by atoms with Crippen molar-refractivity contribution >= 4 is 29.6 Å². The van der Waals surface area contributed by atoms with E-state index in [0.29, 0.717) is 12.8 Å². The number of nitrogens with zero attached hydrogens (tertiary/aromatic N) is 1. The second kappa shape index (κ2) is 11.5. The van der Waals surface area contributed by atoms with Gasteiger partial charge in [-0.2, -0.15) is 0 Å². The summed E-state index contributed by atoms with van der Waals surface area (Å²) in [6, 6.07) is -4.58. The number of primary amides is 1. The Bertz CT molecular complexity index is 669. The van der Waals surface area contributed by atoms with Gasteiger partial charge in [-0.3, -0.25) is 19.2 Å². The predicted octanol–water partition coefficient (Wildman–Crippen LogP) is -2.73. The molecule has 0 aliphatic carbocycles. The maximum Gasteiger partial charge on any atom is 0.328 e. The largest absolute Gasteiger partial charge is 0.480 e. The van der Waals surface area contributed by atoms with Gasteiger partial charge in [-0.1, -0.05) is 13.8 Å². The van der Waals surface area contributed by atoms with Gasteiger partial charge in [-0.15, -0.1) is 0 Å². The molecule has 30 heavy (non-hydrogen) atoms. The first-order chi connectivity index (χ1) is 14.0. The summed E-state index contributed by atoms with van der Waals surface area (Å²) in [4.78, 5) is 61.2. The first-order valence-electron chi connectivity index (χ1n) is 9.76. The van der Waals surface area contributed by atoms with Crippen molar-refractivity contribution in [2.75, 3.05) is 13.2 Å². The summed E-state index contributed by atoms with van der Waals surface area (Å²) in [7, 11) is 0. The number of hydrogen-bond donors (Lipinski definition) is 6. The molecule has 4 unspecified atom stereocenters. The monoisotopic (exact) mass is 429 g/mol. The Morgan fingerprint density at radius 2 is 1.77 bits per heavy atom. The fourth-order valence-electron chi connectivity index (χ4n) is 3.24. The van der Waals surface area contributed by atoms with Gasteiger partial charge in [-0.25, -0.2) is 4.79 Å². The molecule has 1 rings (SSSR count). The summed E-state index contributed by atoms with van der Waals surface area (Å²) >= 11 is 0. The number of carbonyl (C=O) groups excluding carboxylic acids is 4. The Morgan fingerprint density at radius 1 is 1.13 bits per heavy atom. The molecule has 0 aromatic rings. The summed E-state index contributed by atoms with van der Waals surface area (Å²) in [6.45, 7) is 3.17. The molecular weight excluding hydrogens is 398 g/mol. The predicted molar refractivity (Wildman–Crippen MR) is 105 cm³/mol. The molecule has 1 heterocycles. The molecule has 4 atom stereocenters. The van der Waals surface area contributed by atoms with Crippen LogP contribution in [0.3, 0.4) is 0 Å². The Labute approximate surface area is 174 Å². The summed E-state index contributed by atoms with van der Waals surface area (Å²) in [5, 5.41) is 22.8. The third-order valence-corrected chi connectivity index (χ3v) is 4.72. The number of likely N-dealkylation sites (tertiary alicyclic amines) is 1. The second-order valence-electron chi connectivity index (χ2n) is 7.74. The number of carboxylic acids is 1. The van der Waals surface area contributed by atoms with E-state index >= 15 is 0 Å². The van der Waals surface area contributed by atoms with Gasteiger partial charge in [-0.05, 0) is 25.2 Å². The number of rotatable bonds is 11. The highest BCUT2D eigenvalue weighted by molar-refractivity contribution is 5.95. The Balaban J connectivity index is 2.93. The quantitative estimate of drug-likeness (QED) is 0.203. The van der Waals surface area contributed by atoms with Crippen LogP contribution in [0.1, 0.15) is 39.5 Å². The minimum atomic E-state index is -1.48. The highest BCUT2D eigenvalue weighted by Crippen LogP contribution is 2.20. The molecule has 0 aromatic heterocycles. The number of aliphatic hydroxyl groups excluding tert-OH is 1. The maximum absolute atomic E-state index is 13.1. The van der Waals surface area contributed by atoms with Crippen molar-refractivity contribution in [1.82, 2.24) is 15.5 Å². The van der Waals surface area contributed by atoms with E-state index in [2.05, 4.69) is 10.6 Å². The van der Waals surface area contributed by atoms with Gasteiger partial charge in [0.2, 0.25) is 23.6 Å². The average Bonchev–Trinajstić information content (AvgIpc) is 3.13. The fourth-order valence-corrected chi connectivity index (χ4v) is 3.24. The molecule has 1 aliphatic rings. The molecule has 1 aliphatic heterocycles. The Hall–Kier alpha value is -2.73. The van der Waals surface area contributed by atoms with Gasteiger partial charge in [0.1, 0.15) is 18.1 Å². The van der Waals surface area contributed by atoms with Crippen molar-refractivity contribution < 1.29 is 34.2 Å². The van der Waals surface area contributed by atoms with Crippen LogP contribution in [0.5, 0.6) is 0 Å². The normalized spacial score (nSPS) is 19.1. The van der Waals surface area contributed by atoms with Crippen LogP contribution in [0.15, 0.2) is 0 Å². The number of carboxylic acid groups (broad SMARTS) is 1. The van der Waals surface area contributed by atoms with Crippen LogP contribution in [0, 0.1) is 5.92 Å². The number of nitrogens with one attached hydrogen (secondary N) is 2. The minimum absolute atomic E-state index is 0.0206. The third kappa shape index (κ3) is 7.26. The van der Waals surface area contributed by atoms with Crippen molar-refractivity contribution in [2.45, 2.75) is 63.7 Å². The second-order valence-corrected chi connectivity index (χ2v) is 7.74. The number of carbonyl (C=O) groups is 5. The van der Waals surface area contributed by atoms with Gasteiger partial charge in [0, 0.05) is 6.54 Å². The van der Waals surface area contributed by atoms with Crippen LogP contribution in [-0.4, -0.2) is 82.0 Å². The lowest BCUT2D eigenvalue weighted by molar-refractivity contribution is -0.145. The number of aliphatic hydroxyl groups is 1. The van der Waals surface area contributed by atoms with Crippen molar-refractivity contribution in [3.8, 4) is 0 Å². The molecule has 12 nitrogen and oxygen atoms in total. The van der Waals surface area contributed by atoms with Gasteiger partial charge in [0.15, 0.2) is 0 Å². The van der Waals surface area contributed by atoms with E-state index in [1.54, 1.807) is 0 Å². The van der Waals surface area contributed by atoms with E-state index in [1.807, 2.05) is 13.8 Å². The lowest BCUT2D eigenvalue weighted by atomic mass is 10.0. The summed E-state index contributed by atoms with van der Waals surface area (Å²) in [6.07, 6.45) is 0.733. The van der Waals surface area contributed by atoms with E-state index < -0.39 is 60.4 Å². The van der Waals surface area contributed by atoms with E-state index in [-0.39, 0.29) is 25.3 Å². The number of aliphatic carboxylic acids is 1. The first-order valence-corrected chi connectivity index (χ1v) is 9.76. The number of nitrogens with two attached hydrogens (primary N) is 2. The third-order valence-electron chi connectivity index (χ3n) is 4.72. The lowest BCUT2D eigenvalue weighted by Crippen LogP contribution is -2.57. The lowest BCUT2D eigenvalue weighted by Gasteiger charge is -2.30. The molecule has 4 amide bonds. The van der Waals surface area contributed by atoms with E-state index in [1.165, 1.54) is 4.90 Å². The van der Waals surface area contributed by atoms with Gasteiger partial charge in [0.05, 0.1) is 19.1 Å². The van der Waals surface area contributed by atoms with Gasteiger partial charge in [0.25, 0.3) is 0 Å². The topological polar surface area (TPSA) is 205 Å². The molecule has 1 saturated heterocycles. The molecule has 0 aromatic carbocycles. The van der Waals surface area contributed by atoms with Crippen molar-refractivity contribution in [1.29, 1.82) is 0 Å². The SMILES string of the molecule is CC(C)CC(NC(=O)C(N)CC(N)=O)C(=O)N1CCCC1C(=O)NC(CO)C(=O)O. The maximum atomic E-state index is 13.1. The first kappa shape index (κ1) is 25.3. The molecule has 12 heteroatoms. The molecular formula is C18H31N5O7. The van der Waals surface area contributed by atoms with Crippen LogP contribution in [0.25, 0.3) is 0 Å². The summed E-state index contributed by atoms with van der Waals surface area (Å²) in [5.74, 6) is -4.03. The highest BCUT2D eigenvalue weighted by atomic mass is 16.4. The molecule has 0 saturated carbocycles. The van der Waals surface area contributed by atoms with Crippen LogP contribution >= 0.6 is 0 Å². The fraction of sp³-hybridized carbons (Fsp3) is 0.722. The van der Waals surface area contributed by atoms with E-state index in [4.69, 9.17) is 21.7 Å². The van der Waals surface area contributed by atoms with Crippen molar-refractivity contribution in [2.24, 2.45) is 17.4 Å². The zero-order chi connectivity index (χ0) is 23.0. The van der Waals surface area contributed by atoms with Crippen LogP contribution in [0.4, 0.5) is 0 Å². The number of amides is 4. The Morgan fingerprint density at radius 3 is 2.27 bits per heavy atom. The zero-order valence-electron chi connectivity index (χ0n) is 17.2. The minimum Gasteiger partial charge on any atom is -0.480 e. The van der Waals surface area contributed by atoms with E-state index in [0.717, 1.165) is 0 Å². The zero-order valence-corrected chi connectivity index (χ0v) is 17.2. The van der Waals surface area contributed by atoms with Crippen molar-refractivity contribution in [3.05, 3.63) is 0 Å². The van der Waals surface area contributed by atoms with Crippen LogP contribution in [-0.2, 0) is 24.0 Å². The molecule has 0 bridgehead atoms. The van der Waals surface area contributed by atoms with E-state index in [9.17, 15) is 24.0 Å². The van der Waals surface area contributed by atoms with Crippen LogP contribution in [0.2, 0.25) is 0 Å². The van der Waals surface area contributed by atoms with Gasteiger partial charge < -0.3 is 37.2 Å². The average molecular weight is 429 g/mol. The molecule has 8 N–H and O–H groups in total. The smallest absolute Gasteiger partial charge is 0.328 e.